The summed E-state index contributed by atoms with van der Waals surface area (Å²) in [4.78, 5) is 15.8. The fraction of sp³-hybridized carbons (Fsp3) is 0. The predicted molar refractivity (Wildman–Crippen MR) is 75.8 cm³/mol. The Morgan fingerprint density at radius 1 is 1.24 bits per heavy atom. The van der Waals surface area contributed by atoms with Crippen LogP contribution in [0, 0.1) is 3.57 Å². The van der Waals surface area contributed by atoms with E-state index < -0.39 is 0 Å². The maximum atomic E-state index is 11.9. The molecule has 2 rings (SSSR count). The molecule has 0 atom stereocenters. The number of nitrogens with one attached hydrogen (secondary N) is 1. The number of nitrogens with two attached hydrogens (primary N) is 1. The lowest BCUT2D eigenvalue weighted by Gasteiger charge is -2.06. The zero-order chi connectivity index (χ0) is 12.3. The van der Waals surface area contributed by atoms with E-state index in [1.54, 1.807) is 12.1 Å². The molecule has 0 saturated carbocycles. The number of nitrogens with zero attached hydrogens (tertiary/aromatic N) is 1. The van der Waals surface area contributed by atoms with Gasteiger partial charge in [-0.15, -0.1) is 0 Å². The van der Waals surface area contributed by atoms with Gasteiger partial charge in [0.1, 0.15) is 5.69 Å². The third-order valence-corrected chi connectivity index (χ3v) is 3.08. The first-order valence-corrected chi connectivity index (χ1v) is 6.02. The number of aromatic nitrogens is 1. The molecule has 0 unspecified atom stereocenters. The van der Waals surface area contributed by atoms with Crippen molar-refractivity contribution in [1.82, 2.24) is 4.98 Å². The first-order chi connectivity index (χ1) is 8.16. The quantitative estimate of drug-likeness (QED) is 0.827. The van der Waals surface area contributed by atoms with E-state index in [0.29, 0.717) is 11.4 Å². The Morgan fingerprint density at radius 2 is 2.00 bits per heavy atom. The topological polar surface area (TPSA) is 68.0 Å². The third-order valence-electron chi connectivity index (χ3n) is 2.14. The van der Waals surface area contributed by atoms with E-state index >= 15 is 0 Å². The van der Waals surface area contributed by atoms with Gasteiger partial charge < -0.3 is 11.1 Å². The lowest BCUT2D eigenvalue weighted by molar-refractivity contribution is 0.102. The summed E-state index contributed by atoms with van der Waals surface area (Å²) in [5, 5.41) is 2.80. The second kappa shape index (κ2) is 5.13. The molecule has 5 heteroatoms. The number of carbonyl (C=O) groups excluding carboxylic acids is 1. The van der Waals surface area contributed by atoms with Crippen LogP contribution in [0.4, 0.5) is 11.4 Å². The van der Waals surface area contributed by atoms with Crippen molar-refractivity contribution in [1.29, 1.82) is 0 Å². The summed E-state index contributed by atoms with van der Waals surface area (Å²) < 4.78 is 0.980. The van der Waals surface area contributed by atoms with E-state index in [1.807, 2.05) is 24.3 Å². The second-order valence-electron chi connectivity index (χ2n) is 3.41. The highest BCUT2D eigenvalue weighted by molar-refractivity contribution is 14.1. The van der Waals surface area contributed by atoms with Gasteiger partial charge in [0.05, 0.1) is 17.6 Å². The maximum Gasteiger partial charge on any atom is 0.274 e. The maximum absolute atomic E-state index is 11.9. The molecule has 1 aromatic heterocycles. The van der Waals surface area contributed by atoms with Gasteiger partial charge in [0.15, 0.2) is 0 Å². The van der Waals surface area contributed by atoms with Crippen LogP contribution in [-0.2, 0) is 0 Å². The van der Waals surface area contributed by atoms with Gasteiger partial charge in [-0.3, -0.25) is 4.79 Å². The van der Waals surface area contributed by atoms with Gasteiger partial charge in [-0.1, -0.05) is 12.1 Å². The van der Waals surface area contributed by atoms with E-state index in [4.69, 9.17) is 5.73 Å². The summed E-state index contributed by atoms with van der Waals surface area (Å²) in [7, 11) is 0. The van der Waals surface area contributed by atoms with Crippen LogP contribution in [0.15, 0.2) is 42.6 Å². The minimum Gasteiger partial charge on any atom is -0.397 e. The number of para-hydroxylation sites is 1. The van der Waals surface area contributed by atoms with E-state index in [-0.39, 0.29) is 5.91 Å². The smallest absolute Gasteiger partial charge is 0.274 e. The minimum absolute atomic E-state index is 0.242. The molecule has 0 saturated heterocycles. The van der Waals surface area contributed by atoms with E-state index in [0.717, 1.165) is 9.26 Å². The number of amides is 1. The van der Waals surface area contributed by atoms with Crippen molar-refractivity contribution in [3.63, 3.8) is 0 Å². The van der Waals surface area contributed by atoms with Crippen LogP contribution in [0.3, 0.4) is 0 Å². The molecule has 3 N–H and O–H groups in total. The van der Waals surface area contributed by atoms with Crippen LogP contribution in [0.2, 0.25) is 0 Å². The molecule has 0 aliphatic carbocycles. The molecule has 0 bridgehead atoms. The summed E-state index contributed by atoms with van der Waals surface area (Å²) in [6.45, 7) is 0. The molecule has 86 valence electrons. The number of halogens is 1. The molecule has 1 aromatic carbocycles. The Labute approximate surface area is 112 Å². The van der Waals surface area contributed by atoms with E-state index in [2.05, 4.69) is 32.9 Å². The van der Waals surface area contributed by atoms with Crippen LogP contribution in [0.1, 0.15) is 10.5 Å². The van der Waals surface area contributed by atoms with E-state index in [1.165, 1.54) is 6.20 Å². The van der Waals surface area contributed by atoms with Gasteiger partial charge >= 0.3 is 0 Å². The molecule has 17 heavy (non-hydrogen) atoms. The largest absolute Gasteiger partial charge is 0.397 e. The second-order valence-corrected chi connectivity index (χ2v) is 4.57. The summed E-state index contributed by atoms with van der Waals surface area (Å²) in [6.07, 6.45) is 1.46. The van der Waals surface area contributed by atoms with Crippen LogP contribution in [0.5, 0.6) is 0 Å². The highest BCUT2D eigenvalue weighted by Gasteiger charge is 2.08. The number of hydrogen-bond donors (Lipinski definition) is 2. The fourth-order valence-electron chi connectivity index (χ4n) is 1.29. The van der Waals surface area contributed by atoms with Crippen molar-refractivity contribution in [2.75, 3.05) is 11.1 Å². The van der Waals surface area contributed by atoms with Gasteiger partial charge in [0.2, 0.25) is 0 Å². The Balaban J connectivity index is 2.17. The summed E-state index contributed by atoms with van der Waals surface area (Å²) in [6, 6.07) is 10.8. The first-order valence-electron chi connectivity index (χ1n) is 4.94. The minimum atomic E-state index is -0.242. The number of nitrogen functional groups attached to an aromatic ring is 1. The molecule has 0 spiro atoms. The normalized spacial score (nSPS) is 9.94. The molecule has 1 amide bonds. The molecule has 0 aliphatic rings. The molecular formula is C12H10IN3O. The van der Waals surface area contributed by atoms with E-state index in [9.17, 15) is 4.79 Å². The van der Waals surface area contributed by atoms with Crippen LogP contribution in [0.25, 0.3) is 0 Å². The van der Waals surface area contributed by atoms with Gasteiger partial charge in [-0.2, -0.15) is 0 Å². The van der Waals surface area contributed by atoms with Crippen molar-refractivity contribution in [3.8, 4) is 0 Å². The van der Waals surface area contributed by atoms with Crippen LogP contribution < -0.4 is 11.1 Å². The Hall–Kier alpha value is -1.63. The highest BCUT2D eigenvalue weighted by Crippen LogP contribution is 2.17. The lowest BCUT2D eigenvalue weighted by atomic mass is 10.3. The Morgan fingerprint density at radius 3 is 2.65 bits per heavy atom. The average molecular weight is 339 g/mol. The molecule has 4 nitrogen and oxygen atoms in total. The third kappa shape index (κ3) is 2.94. The Kier molecular flexibility index (Phi) is 3.58. The van der Waals surface area contributed by atoms with Crippen molar-refractivity contribution in [2.45, 2.75) is 0 Å². The molecule has 0 aliphatic heterocycles. The number of rotatable bonds is 2. The number of hydrogen-bond acceptors (Lipinski definition) is 3. The monoisotopic (exact) mass is 339 g/mol. The van der Waals surface area contributed by atoms with Crippen molar-refractivity contribution < 1.29 is 4.79 Å². The molecule has 0 radical (unpaired) electrons. The van der Waals surface area contributed by atoms with Crippen LogP contribution >= 0.6 is 22.6 Å². The van der Waals surface area contributed by atoms with Gasteiger partial charge in [0.25, 0.3) is 5.91 Å². The average Bonchev–Trinajstić information content (AvgIpc) is 2.33. The molecular weight excluding hydrogens is 329 g/mol. The summed E-state index contributed by atoms with van der Waals surface area (Å²) >= 11 is 2.16. The molecule has 1 heterocycles. The molecule has 2 aromatic rings. The zero-order valence-corrected chi connectivity index (χ0v) is 11.0. The molecule has 0 fully saturated rings. The van der Waals surface area contributed by atoms with Crippen molar-refractivity contribution >= 4 is 39.9 Å². The van der Waals surface area contributed by atoms with Gasteiger partial charge in [0, 0.05) is 3.57 Å². The fourth-order valence-corrected chi connectivity index (χ4v) is 1.81. The number of anilines is 2. The van der Waals surface area contributed by atoms with Gasteiger partial charge in [-0.05, 0) is 46.9 Å². The van der Waals surface area contributed by atoms with Gasteiger partial charge in [-0.25, -0.2) is 4.98 Å². The van der Waals surface area contributed by atoms with Crippen molar-refractivity contribution in [3.05, 3.63) is 51.9 Å². The predicted octanol–water partition coefficient (Wildman–Crippen LogP) is 2.52. The van der Waals surface area contributed by atoms with Crippen LogP contribution in [-0.4, -0.2) is 10.9 Å². The lowest BCUT2D eigenvalue weighted by Crippen LogP contribution is -2.14. The number of carbonyl (C=O) groups is 1. The summed E-state index contributed by atoms with van der Waals surface area (Å²) in [5.74, 6) is -0.242. The number of pyridine rings is 1. The van der Waals surface area contributed by atoms with Crippen molar-refractivity contribution in [2.24, 2.45) is 0 Å². The number of benzene rings is 1. The standard InChI is InChI=1S/C12H10IN3O/c13-9-3-1-2-4-10(9)16-12(17)11-6-5-8(14)7-15-11/h1-7H,14H2,(H,16,17). The SMILES string of the molecule is Nc1ccc(C(=O)Nc2ccccc2I)nc1. The highest BCUT2D eigenvalue weighted by atomic mass is 127. The zero-order valence-electron chi connectivity index (χ0n) is 8.85. The summed E-state index contributed by atoms with van der Waals surface area (Å²) in [5.41, 5.74) is 7.17. The Bertz CT molecular complexity index is 540. The first kappa shape index (κ1) is 11.8.